The Bertz CT molecular complexity index is 239. The van der Waals surface area contributed by atoms with E-state index in [1.807, 2.05) is 23.3 Å². The molecule has 0 aromatic carbocycles. The highest BCUT2D eigenvalue weighted by molar-refractivity contribution is 5.31. The Balaban J connectivity index is 2.13. The average molecular weight is 148 g/mol. The zero-order valence-corrected chi connectivity index (χ0v) is 6.53. The highest BCUT2D eigenvalue weighted by Crippen LogP contribution is 2.23. The van der Waals surface area contributed by atoms with Gasteiger partial charge in [0.25, 0.3) is 0 Å². The molecule has 1 heterocycles. The van der Waals surface area contributed by atoms with E-state index in [4.69, 9.17) is 0 Å². The first-order valence-corrected chi connectivity index (χ1v) is 4.12. The molecule has 1 aromatic heterocycles. The minimum atomic E-state index is 1.28. The molecule has 2 heteroatoms. The number of hydrogen-bond acceptors (Lipinski definition) is 1. The van der Waals surface area contributed by atoms with Gasteiger partial charge in [0.05, 0.1) is 6.33 Å². The summed E-state index contributed by atoms with van der Waals surface area (Å²) < 4.78 is 2.03. The molecule has 0 unspecified atom stereocenters. The summed E-state index contributed by atoms with van der Waals surface area (Å²) in [6.07, 6.45) is 13.1. The van der Waals surface area contributed by atoms with Crippen LogP contribution in [0.2, 0.25) is 0 Å². The maximum absolute atomic E-state index is 3.98. The number of allylic oxidation sites excluding steroid dienone is 1. The van der Waals surface area contributed by atoms with Crippen molar-refractivity contribution in [2.75, 3.05) is 0 Å². The Morgan fingerprint density at radius 1 is 1.36 bits per heavy atom. The molecule has 1 fully saturated rings. The molecule has 0 saturated heterocycles. The van der Waals surface area contributed by atoms with Crippen LogP contribution in [0.1, 0.15) is 25.7 Å². The Hall–Kier alpha value is -1.05. The SMILES string of the molecule is C(=C1CCCC1)n1ccnc1. The highest BCUT2D eigenvalue weighted by Gasteiger charge is 2.05. The van der Waals surface area contributed by atoms with Crippen LogP contribution >= 0.6 is 0 Å². The molecule has 0 bridgehead atoms. The molecule has 1 aliphatic carbocycles. The van der Waals surface area contributed by atoms with E-state index in [0.717, 1.165) is 0 Å². The second kappa shape index (κ2) is 2.91. The molecule has 11 heavy (non-hydrogen) atoms. The van der Waals surface area contributed by atoms with E-state index < -0.39 is 0 Å². The predicted molar refractivity (Wildman–Crippen MR) is 45.0 cm³/mol. The van der Waals surface area contributed by atoms with Crippen molar-refractivity contribution in [3.63, 3.8) is 0 Å². The van der Waals surface area contributed by atoms with E-state index in [-0.39, 0.29) is 0 Å². The van der Waals surface area contributed by atoms with Crippen LogP contribution in [0.3, 0.4) is 0 Å². The molecule has 0 aliphatic heterocycles. The van der Waals surface area contributed by atoms with Crippen LogP contribution in [0.25, 0.3) is 6.20 Å². The van der Waals surface area contributed by atoms with Gasteiger partial charge in [-0.2, -0.15) is 0 Å². The van der Waals surface area contributed by atoms with Gasteiger partial charge >= 0.3 is 0 Å². The summed E-state index contributed by atoms with van der Waals surface area (Å²) in [6, 6.07) is 0. The number of imidazole rings is 1. The van der Waals surface area contributed by atoms with E-state index >= 15 is 0 Å². The second-order valence-electron chi connectivity index (χ2n) is 3.00. The molecule has 0 spiro atoms. The third-order valence-electron chi connectivity index (χ3n) is 2.10. The van der Waals surface area contributed by atoms with Crippen LogP contribution in [0.15, 0.2) is 24.3 Å². The van der Waals surface area contributed by atoms with Gasteiger partial charge in [-0.3, -0.25) is 0 Å². The van der Waals surface area contributed by atoms with Gasteiger partial charge in [0, 0.05) is 18.6 Å². The van der Waals surface area contributed by atoms with Crippen LogP contribution in [0.4, 0.5) is 0 Å². The molecule has 2 rings (SSSR count). The number of hydrogen-bond donors (Lipinski definition) is 0. The van der Waals surface area contributed by atoms with Crippen molar-refractivity contribution < 1.29 is 0 Å². The van der Waals surface area contributed by atoms with Gasteiger partial charge in [-0.1, -0.05) is 5.57 Å². The molecule has 1 aliphatic rings. The van der Waals surface area contributed by atoms with Crippen LogP contribution < -0.4 is 0 Å². The Morgan fingerprint density at radius 2 is 2.18 bits per heavy atom. The van der Waals surface area contributed by atoms with Crippen molar-refractivity contribution in [1.29, 1.82) is 0 Å². The Kier molecular flexibility index (Phi) is 1.76. The molecule has 2 nitrogen and oxygen atoms in total. The lowest BCUT2D eigenvalue weighted by Gasteiger charge is -1.94. The van der Waals surface area contributed by atoms with Crippen molar-refractivity contribution in [3.8, 4) is 0 Å². The fourth-order valence-electron chi connectivity index (χ4n) is 1.51. The molecule has 0 radical (unpaired) electrons. The maximum Gasteiger partial charge on any atom is 0.0986 e. The van der Waals surface area contributed by atoms with Crippen molar-refractivity contribution in [1.82, 2.24) is 9.55 Å². The summed E-state index contributed by atoms with van der Waals surface area (Å²) in [5.74, 6) is 0. The lowest BCUT2D eigenvalue weighted by Crippen LogP contribution is -1.82. The summed E-state index contributed by atoms with van der Waals surface area (Å²) in [5.41, 5.74) is 1.56. The number of rotatable bonds is 1. The lowest BCUT2D eigenvalue weighted by atomic mass is 10.2. The molecule has 1 saturated carbocycles. The normalized spacial score (nSPS) is 17.3. The standard InChI is InChI=1S/C9H12N2/c1-2-4-9(3-1)7-11-6-5-10-8-11/h5-8H,1-4H2. The first-order valence-electron chi connectivity index (χ1n) is 4.12. The van der Waals surface area contributed by atoms with Crippen LogP contribution in [-0.4, -0.2) is 9.55 Å². The predicted octanol–water partition coefficient (Wildman–Crippen LogP) is 2.30. The zero-order chi connectivity index (χ0) is 7.52. The van der Waals surface area contributed by atoms with Gasteiger partial charge in [-0.15, -0.1) is 0 Å². The molecule has 1 aromatic rings. The van der Waals surface area contributed by atoms with Gasteiger partial charge in [-0.05, 0) is 25.7 Å². The minimum Gasteiger partial charge on any atom is -0.313 e. The van der Waals surface area contributed by atoms with Crippen LogP contribution in [-0.2, 0) is 0 Å². The van der Waals surface area contributed by atoms with Crippen molar-refractivity contribution >= 4 is 6.20 Å². The van der Waals surface area contributed by atoms with E-state index in [0.29, 0.717) is 0 Å². The Morgan fingerprint density at radius 3 is 2.82 bits per heavy atom. The number of aromatic nitrogens is 2. The molecular formula is C9H12N2. The zero-order valence-electron chi connectivity index (χ0n) is 6.53. The molecular weight excluding hydrogens is 136 g/mol. The van der Waals surface area contributed by atoms with E-state index in [9.17, 15) is 0 Å². The third kappa shape index (κ3) is 1.50. The van der Waals surface area contributed by atoms with Gasteiger partial charge in [-0.25, -0.2) is 4.98 Å². The molecule has 0 atom stereocenters. The summed E-state index contributed by atoms with van der Waals surface area (Å²) >= 11 is 0. The monoisotopic (exact) mass is 148 g/mol. The fourth-order valence-corrected chi connectivity index (χ4v) is 1.51. The van der Waals surface area contributed by atoms with E-state index in [2.05, 4.69) is 11.2 Å². The first kappa shape index (κ1) is 6.65. The average Bonchev–Trinajstić information content (AvgIpc) is 2.60. The molecule has 0 amide bonds. The lowest BCUT2D eigenvalue weighted by molar-refractivity contribution is 0.886. The topological polar surface area (TPSA) is 17.8 Å². The van der Waals surface area contributed by atoms with Crippen LogP contribution in [0.5, 0.6) is 0 Å². The number of nitrogens with zero attached hydrogens (tertiary/aromatic N) is 2. The van der Waals surface area contributed by atoms with Gasteiger partial charge in [0.15, 0.2) is 0 Å². The van der Waals surface area contributed by atoms with Gasteiger partial charge < -0.3 is 4.57 Å². The maximum atomic E-state index is 3.98. The minimum absolute atomic E-state index is 1.28. The summed E-state index contributed by atoms with van der Waals surface area (Å²) in [4.78, 5) is 3.98. The van der Waals surface area contributed by atoms with Gasteiger partial charge in [0.1, 0.15) is 0 Å². The van der Waals surface area contributed by atoms with Crippen molar-refractivity contribution in [3.05, 3.63) is 24.3 Å². The summed E-state index contributed by atoms with van der Waals surface area (Å²) in [6.45, 7) is 0. The second-order valence-corrected chi connectivity index (χ2v) is 3.00. The quantitative estimate of drug-likeness (QED) is 0.597. The molecule has 0 N–H and O–H groups in total. The van der Waals surface area contributed by atoms with Crippen molar-refractivity contribution in [2.45, 2.75) is 25.7 Å². The largest absolute Gasteiger partial charge is 0.313 e. The summed E-state index contributed by atoms with van der Waals surface area (Å²) in [7, 11) is 0. The summed E-state index contributed by atoms with van der Waals surface area (Å²) in [5, 5.41) is 0. The Labute approximate surface area is 66.6 Å². The fraction of sp³-hybridized carbons (Fsp3) is 0.444. The smallest absolute Gasteiger partial charge is 0.0986 e. The van der Waals surface area contributed by atoms with Crippen molar-refractivity contribution in [2.24, 2.45) is 0 Å². The first-order chi connectivity index (χ1) is 5.45. The molecule has 58 valence electrons. The van der Waals surface area contributed by atoms with Crippen LogP contribution in [0, 0.1) is 0 Å². The van der Waals surface area contributed by atoms with Gasteiger partial charge in [0.2, 0.25) is 0 Å². The van der Waals surface area contributed by atoms with E-state index in [1.54, 1.807) is 5.57 Å². The highest BCUT2D eigenvalue weighted by atomic mass is 15.0. The third-order valence-corrected chi connectivity index (χ3v) is 2.10. The van der Waals surface area contributed by atoms with E-state index in [1.165, 1.54) is 25.7 Å².